The van der Waals surface area contributed by atoms with Crippen molar-refractivity contribution in [3.05, 3.63) is 47.7 Å². The average Bonchev–Trinajstić information content (AvgIpc) is 3.59. The zero-order valence-electron chi connectivity index (χ0n) is 26.7. The lowest BCUT2D eigenvalue weighted by Crippen LogP contribution is -2.48. The minimum absolute atomic E-state index is 0.0191. The highest BCUT2D eigenvalue weighted by Gasteiger charge is 2.49. The lowest BCUT2D eigenvalue weighted by molar-refractivity contribution is 0.0445. The Morgan fingerprint density at radius 3 is 2.70 bits per heavy atom. The fourth-order valence-electron chi connectivity index (χ4n) is 8.13. The predicted octanol–water partition coefficient (Wildman–Crippen LogP) is 5.76. The number of halogens is 2. The molecule has 3 saturated heterocycles. The maximum absolute atomic E-state index is 16.8. The first-order valence-corrected chi connectivity index (χ1v) is 16.3. The van der Waals surface area contributed by atoms with E-state index < -0.39 is 17.2 Å². The van der Waals surface area contributed by atoms with E-state index in [0.717, 1.165) is 38.6 Å². The number of β-amino-alcohol motifs (C(OH)–C–C–N with tert-alkyl or cyclic N) is 1. The van der Waals surface area contributed by atoms with Gasteiger partial charge in [0.15, 0.2) is 5.82 Å². The molecule has 9 nitrogen and oxygen atoms in total. The molecule has 3 aliphatic heterocycles. The lowest BCUT2D eigenvalue weighted by atomic mass is 9.94. The molecule has 3 aliphatic rings. The Balaban J connectivity index is 1.35. The molecule has 3 fully saturated rings. The summed E-state index contributed by atoms with van der Waals surface area (Å²) < 4.78 is 43.7. The predicted molar refractivity (Wildman–Crippen MR) is 172 cm³/mol. The van der Waals surface area contributed by atoms with E-state index in [-0.39, 0.29) is 34.1 Å². The van der Waals surface area contributed by atoms with Crippen LogP contribution in [0.15, 0.2) is 30.5 Å². The molecule has 0 radical (unpaired) electrons. The number of hydrogen-bond donors (Lipinski definition) is 2. The van der Waals surface area contributed by atoms with Crippen molar-refractivity contribution in [2.24, 2.45) is 0 Å². The number of hydrogen-bond acceptors (Lipinski definition) is 9. The number of methoxy groups -OCH3 is 1. The maximum atomic E-state index is 16.8. The monoisotopic (exact) mass is 633 g/mol. The Bertz CT molecular complexity index is 1800. The third-order valence-corrected chi connectivity index (χ3v) is 10.2. The molecule has 0 aliphatic carbocycles. The summed E-state index contributed by atoms with van der Waals surface area (Å²) in [5, 5.41) is 23.0. The summed E-state index contributed by atoms with van der Waals surface area (Å²) in [6, 6.07) is 6.28. The first kappa shape index (κ1) is 31.0. The van der Waals surface area contributed by atoms with Crippen LogP contribution in [0, 0.1) is 11.6 Å². The number of aryl methyl sites for hydroxylation is 1. The summed E-state index contributed by atoms with van der Waals surface area (Å²) in [4.78, 5) is 18.4. The van der Waals surface area contributed by atoms with E-state index in [0.29, 0.717) is 72.7 Å². The Kier molecular flexibility index (Phi) is 7.97. The Labute approximate surface area is 267 Å². The van der Waals surface area contributed by atoms with E-state index >= 15 is 4.39 Å². The molecule has 2 N–H and O–H groups in total. The van der Waals surface area contributed by atoms with Gasteiger partial charge in [0.25, 0.3) is 0 Å². The first-order valence-electron chi connectivity index (χ1n) is 16.3. The molecule has 0 bridgehead atoms. The Morgan fingerprint density at radius 1 is 1.09 bits per heavy atom. The molecule has 0 spiro atoms. The van der Waals surface area contributed by atoms with E-state index in [1.54, 1.807) is 20.1 Å². The lowest BCUT2D eigenvalue weighted by Gasteiger charge is -2.38. The van der Waals surface area contributed by atoms with Crippen molar-refractivity contribution in [2.75, 3.05) is 44.9 Å². The van der Waals surface area contributed by atoms with E-state index in [1.165, 1.54) is 24.4 Å². The number of benzene rings is 2. The van der Waals surface area contributed by atoms with Crippen LogP contribution in [0.5, 0.6) is 11.8 Å². The molecule has 244 valence electrons. The van der Waals surface area contributed by atoms with Crippen LogP contribution in [0.3, 0.4) is 0 Å². The number of phenolic OH excluding ortho intramolecular Hbond substituents is 1. The zero-order chi connectivity index (χ0) is 32.2. The van der Waals surface area contributed by atoms with Gasteiger partial charge in [-0.3, -0.25) is 9.88 Å². The molecule has 2 aromatic heterocycles. The van der Waals surface area contributed by atoms with E-state index in [2.05, 4.69) is 14.9 Å². The number of fused-ring (bicyclic) bond motifs is 3. The van der Waals surface area contributed by atoms with Crippen molar-refractivity contribution in [1.82, 2.24) is 19.9 Å². The van der Waals surface area contributed by atoms with Crippen LogP contribution in [0.2, 0.25) is 0 Å². The van der Waals surface area contributed by atoms with Crippen LogP contribution in [-0.4, -0.2) is 87.2 Å². The number of aromatic nitrogens is 3. The number of aromatic hydroxyl groups is 1. The third kappa shape index (κ3) is 5.32. The smallest absolute Gasteiger partial charge is 0.319 e. The Hall–Kier alpha value is -3.67. The number of anilines is 1. The second kappa shape index (κ2) is 11.8. The summed E-state index contributed by atoms with van der Waals surface area (Å²) in [5.74, 6) is -0.747. The van der Waals surface area contributed by atoms with Crippen molar-refractivity contribution in [2.45, 2.75) is 76.0 Å². The number of aliphatic hydroxyl groups is 1. The number of rotatable bonds is 8. The highest BCUT2D eigenvalue weighted by Crippen LogP contribution is 2.43. The molecule has 5 heterocycles. The molecule has 2 aromatic carbocycles. The molecule has 3 atom stereocenters. The number of pyridine rings is 1. The fraction of sp³-hybridized carbons (Fsp3) is 0.514. The topological polar surface area (TPSA) is 104 Å². The number of phenols is 1. The largest absolute Gasteiger partial charge is 0.508 e. The minimum Gasteiger partial charge on any atom is -0.508 e. The molecule has 7 rings (SSSR count). The molecular weight excluding hydrogens is 592 g/mol. The molecule has 11 heteroatoms. The molecule has 0 amide bonds. The van der Waals surface area contributed by atoms with Crippen molar-refractivity contribution in [3.8, 4) is 23.0 Å². The number of nitrogens with zero attached hydrogens (tertiary/aromatic N) is 5. The average molecular weight is 634 g/mol. The van der Waals surface area contributed by atoms with Gasteiger partial charge in [0.05, 0.1) is 23.1 Å². The molecule has 1 unspecified atom stereocenters. The van der Waals surface area contributed by atoms with Gasteiger partial charge in [0, 0.05) is 38.0 Å². The van der Waals surface area contributed by atoms with E-state index in [9.17, 15) is 14.6 Å². The summed E-state index contributed by atoms with van der Waals surface area (Å²) in [6.07, 6.45) is 7.34. The van der Waals surface area contributed by atoms with Gasteiger partial charge >= 0.3 is 6.01 Å². The van der Waals surface area contributed by atoms with Crippen LogP contribution < -0.4 is 9.64 Å². The number of ether oxygens (including phenoxy) is 2. The van der Waals surface area contributed by atoms with Crippen LogP contribution >= 0.6 is 0 Å². The molecular formula is C35H41F2N5O4. The summed E-state index contributed by atoms with van der Waals surface area (Å²) >= 11 is 0. The third-order valence-electron chi connectivity index (χ3n) is 10.2. The molecule has 46 heavy (non-hydrogen) atoms. The van der Waals surface area contributed by atoms with E-state index in [4.69, 9.17) is 14.5 Å². The summed E-state index contributed by atoms with van der Waals surface area (Å²) in [5.41, 5.74) is -0.420. The SMILES string of the molecule is CCc1c(F)ccc2cc(O)cc(-c3ncc4c(N5CCCC(C)(O)C5)nc(OC[C@@]56CCCN5[C@H](COC)CC6)nc4c3F)c12. The van der Waals surface area contributed by atoms with Crippen LogP contribution in [0.25, 0.3) is 32.9 Å². The van der Waals surface area contributed by atoms with Gasteiger partial charge in [-0.15, -0.1) is 0 Å². The molecule has 4 aromatic rings. The summed E-state index contributed by atoms with van der Waals surface area (Å²) in [6.45, 7) is 6.58. The van der Waals surface area contributed by atoms with Gasteiger partial charge in [-0.2, -0.15) is 9.97 Å². The van der Waals surface area contributed by atoms with Crippen molar-refractivity contribution in [3.63, 3.8) is 0 Å². The van der Waals surface area contributed by atoms with Crippen LogP contribution in [0.4, 0.5) is 14.6 Å². The fourth-order valence-corrected chi connectivity index (χ4v) is 8.13. The van der Waals surface area contributed by atoms with Crippen molar-refractivity contribution >= 4 is 27.5 Å². The van der Waals surface area contributed by atoms with Gasteiger partial charge in [-0.05, 0) is 92.9 Å². The number of piperidine rings is 1. The zero-order valence-corrected chi connectivity index (χ0v) is 26.7. The maximum Gasteiger partial charge on any atom is 0.319 e. The van der Waals surface area contributed by atoms with Gasteiger partial charge in [0.1, 0.15) is 35.2 Å². The minimum atomic E-state index is -0.937. The highest BCUT2D eigenvalue weighted by atomic mass is 19.1. The second-order valence-electron chi connectivity index (χ2n) is 13.5. The van der Waals surface area contributed by atoms with Gasteiger partial charge in [0.2, 0.25) is 0 Å². The van der Waals surface area contributed by atoms with Crippen molar-refractivity contribution in [1.29, 1.82) is 0 Å². The van der Waals surface area contributed by atoms with E-state index in [1.807, 2.05) is 11.8 Å². The van der Waals surface area contributed by atoms with Gasteiger partial charge in [-0.1, -0.05) is 13.0 Å². The highest BCUT2D eigenvalue weighted by molar-refractivity contribution is 6.01. The van der Waals surface area contributed by atoms with Gasteiger partial charge < -0.3 is 24.6 Å². The van der Waals surface area contributed by atoms with Crippen molar-refractivity contribution < 1.29 is 28.5 Å². The van der Waals surface area contributed by atoms with Gasteiger partial charge in [-0.25, -0.2) is 8.78 Å². The van der Waals surface area contributed by atoms with Crippen LogP contribution in [-0.2, 0) is 11.2 Å². The Morgan fingerprint density at radius 2 is 1.91 bits per heavy atom. The quantitative estimate of drug-likeness (QED) is 0.251. The standard InChI is InChI=1S/C35H41F2N5O4/c1-4-24-27(36)8-7-21-15-23(43)16-25(28(21)24)30-29(37)31-26(17-38-30)32(41-13-5-10-34(2,44)19-41)40-33(39-31)46-20-35-11-6-14-42(35)22(9-12-35)18-45-3/h7-8,15-17,22,43-44H,4-6,9-14,18-20H2,1-3H3/t22-,34?,35-/m0/s1. The summed E-state index contributed by atoms with van der Waals surface area (Å²) in [7, 11) is 1.73. The second-order valence-corrected chi connectivity index (χ2v) is 13.5. The molecule has 0 saturated carbocycles. The first-order chi connectivity index (χ1) is 22.1. The van der Waals surface area contributed by atoms with Crippen LogP contribution in [0.1, 0.15) is 57.9 Å². The normalized spacial score (nSPS) is 25.1.